The van der Waals surface area contributed by atoms with Crippen molar-refractivity contribution in [3.63, 3.8) is 0 Å². The molecule has 0 spiro atoms. The Morgan fingerprint density at radius 1 is 1.18 bits per heavy atom. The van der Waals surface area contributed by atoms with Crippen LogP contribution >= 0.6 is 0 Å². The number of aryl methyl sites for hydroxylation is 2. The van der Waals surface area contributed by atoms with Crippen LogP contribution < -0.4 is 26.4 Å². The molecule has 0 atom stereocenters. The second-order valence-corrected chi connectivity index (χ2v) is 6.86. The Balaban J connectivity index is 1.95. The number of hydrogen-bond donors (Lipinski definition) is 3. The van der Waals surface area contributed by atoms with E-state index >= 15 is 0 Å². The van der Waals surface area contributed by atoms with E-state index in [0.29, 0.717) is 17.0 Å². The van der Waals surface area contributed by atoms with Gasteiger partial charge in [0.05, 0.1) is 11.4 Å². The highest BCUT2D eigenvalue weighted by molar-refractivity contribution is 6.08. The van der Waals surface area contributed by atoms with E-state index in [1.165, 1.54) is 5.01 Å². The molecule has 0 aliphatic carbocycles. The molecule has 0 saturated carbocycles. The van der Waals surface area contributed by atoms with Crippen molar-refractivity contribution in [2.45, 2.75) is 33.6 Å². The number of anilines is 1. The minimum Gasteiger partial charge on any atom is -0.437 e. The van der Waals surface area contributed by atoms with E-state index in [9.17, 15) is 9.59 Å². The molecule has 0 bridgehead atoms. The molecule has 3 rings (SSSR count). The molecule has 0 saturated heterocycles. The third-order valence-corrected chi connectivity index (χ3v) is 4.29. The van der Waals surface area contributed by atoms with Crippen LogP contribution in [0.5, 0.6) is 11.6 Å². The number of urea groups is 1. The van der Waals surface area contributed by atoms with Crippen LogP contribution in [0, 0.1) is 13.8 Å². The first-order valence-electron chi connectivity index (χ1n) is 8.70. The van der Waals surface area contributed by atoms with Crippen molar-refractivity contribution in [1.82, 2.24) is 15.5 Å². The lowest BCUT2D eigenvalue weighted by atomic mass is 10.1. The van der Waals surface area contributed by atoms with Crippen LogP contribution in [-0.4, -0.2) is 22.1 Å². The van der Waals surface area contributed by atoms with Gasteiger partial charge in [-0.3, -0.25) is 4.79 Å². The molecule has 0 unspecified atom stereocenters. The molecule has 1 aliphatic rings. The summed E-state index contributed by atoms with van der Waals surface area (Å²) in [4.78, 5) is 24.1. The fourth-order valence-electron chi connectivity index (χ4n) is 2.83. The first kappa shape index (κ1) is 19.2. The first-order valence-corrected chi connectivity index (χ1v) is 8.70. The normalized spacial score (nSPS) is 14.2. The van der Waals surface area contributed by atoms with E-state index in [1.807, 2.05) is 27.7 Å². The number of H-pyrrole nitrogens is 1. The minimum absolute atomic E-state index is 0.0364. The van der Waals surface area contributed by atoms with Crippen molar-refractivity contribution < 1.29 is 9.53 Å². The monoisotopic (exact) mass is 382 g/mol. The Bertz CT molecular complexity index is 1030. The zero-order valence-corrected chi connectivity index (χ0v) is 16.2. The third-order valence-electron chi connectivity index (χ3n) is 4.29. The number of amidine groups is 1. The summed E-state index contributed by atoms with van der Waals surface area (Å²) in [6, 6.07) is 4.68. The SMILES string of the molecule is C=C1NC(=O)N(c2cc(C)c(Oc3cc(C(C)C)c(=O)[nH]n3)c(C)c2)N=C1N. The van der Waals surface area contributed by atoms with Crippen LogP contribution in [0.25, 0.3) is 0 Å². The largest absolute Gasteiger partial charge is 0.437 e. The maximum atomic E-state index is 12.2. The summed E-state index contributed by atoms with van der Waals surface area (Å²) in [6.07, 6.45) is 0. The van der Waals surface area contributed by atoms with Crippen LogP contribution in [0.3, 0.4) is 0 Å². The molecule has 2 amide bonds. The molecule has 1 aromatic carbocycles. The summed E-state index contributed by atoms with van der Waals surface area (Å²) < 4.78 is 5.92. The number of rotatable bonds is 4. The van der Waals surface area contributed by atoms with Crippen LogP contribution in [0.15, 0.2) is 40.4 Å². The van der Waals surface area contributed by atoms with E-state index in [1.54, 1.807) is 18.2 Å². The predicted molar refractivity (Wildman–Crippen MR) is 107 cm³/mol. The number of ether oxygens (including phenoxy) is 1. The summed E-state index contributed by atoms with van der Waals surface area (Å²) >= 11 is 0. The zero-order valence-electron chi connectivity index (χ0n) is 16.2. The van der Waals surface area contributed by atoms with Gasteiger partial charge in [-0.1, -0.05) is 20.4 Å². The highest BCUT2D eigenvalue weighted by Crippen LogP contribution is 2.33. The number of aromatic amines is 1. The minimum atomic E-state index is -0.449. The van der Waals surface area contributed by atoms with Gasteiger partial charge in [-0.15, -0.1) is 10.2 Å². The van der Waals surface area contributed by atoms with Crippen molar-refractivity contribution in [2.75, 3.05) is 5.01 Å². The number of nitrogens with one attached hydrogen (secondary N) is 2. The molecule has 9 nitrogen and oxygen atoms in total. The second-order valence-electron chi connectivity index (χ2n) is 6.86. The fraction of sp³-hybridized carbons (Fsp3) is 0.263. The number of hydrazone groups is 1. The predicted octanol–water partition coefficient (Wildman–Crippen LogP) is 2.62. The molecule has 2 heterocycles. The van der Waals surface area contributed by atoms with Gasteiger partial charge in [0.15, 0.2) is 5.84 Å². The molecule has 0 radical (unpaired) electrons. The standard InChI is InChI=1S/C19H22N6O3/c1-9(2)14-8-15(22-23-18(14)26)28-16-10(3)6-13(7-11(16)4)25-19(27)21-12(5)17(20)24-25/h6-9H,5H2,1-4H3,(H2,20,24)(H,21,27)(H,23,26). The van der Waals surface area contributed by atoms with Crippen molar-refractivity contribution in [3.05, 3.63) is 57.5 Å². The highest BCUT2D eigenvalue weighted by Gasteiger charge is 2.24. The molecule has 146 valence electrons. The number of carbonyl (C=O) groups excluding carboxylic acids is 1. The summed E-state index contributed by atoms with van der Waals surface area (Å²) in [5.41, 5.74) is 8.44. The molecular weight excluding hydrogens is 360 g/mol. The van der Waals surface area contributed by atoms with E-state index in [-0.39, 0.29) is 28.9 Å². The van der Waals surface area contributed by atoms with Crippen molar-refractivity contribution >= 4 is 17.6 Å². The second kappa shape index (κ2) is 7.18. The van der Waals surface area contributed by atoms with Gasteiger partial charge in [-0.05, 0) is 43.0 Å². The van der Waals surface area contributed by atoms with E-state index in [4.69, 9.17) is 10.5 Å². The highest BCUT2D eigenvalue weighted by atomic mass is 16.5. The van der Waals surface area contributed by atoms with Crippen molar-refractivity contribution in [3.8, 4) is 11.6 Å². The Labute approximate surface area is 161 Å². The van der Waals surface area contributed by atoms with Crippen LogP contribution in [0.1, 0.15) is 36.5 Å². The lowest BCUT2D eigenvalue weighted by Gasteiger charge is -2.25. The number of carbonyl (C=O) groups is 1. The fourth-order valence-corrected chi connectivity index (χ4v) is 2.83. The van der Waals surface area contributed by atoms with Gasteiger partial charge in [0.25, 0.3) is 5.56 Å². The number of hydrogen-bond acceptors (Lipinski definition) is 6. The van der Waals surface area contributed by atoms with Gasteiger partial charge in [0.2, 0.25) is 5.88 Å². The summed E-state index contributed by atoms with van der Waals surface area (Å²) in [6.45, 7) is 11.2. The summed E-state index contributed by atoms with van der Waals surface area (Å²) in [5.74, 6) is 1.04. The molecular formula is C19H22N6O3. The average Bonchev–Trinajstić information content (AvgIpc) is 2.62. The van der Waals surface area contributed by atoms with Crippen molar-refractivity contribution in [1.29, 1.82) is 0 Å². The Morgan fingerprint density at radius 3 is 2.43 bits per heavy atom. The lowest BCUT2D eigenvalue weighted by molar-refractivity contribution is 0.248. The third kappa shape index (κ3) is 3.59. The molecule has 28 heavy (non-hydrogen) atoms. The van der Waals surface area contributed by atoms with E-state index < -0.39 is 6.03 Å². The molecule has 9 heteroatoms. The molecule has 2 aromatic rings. The Morgan fingerprint density at radius 2 is 1.82 bits per heavy atom. The Hall–Kier alpha value is -3.62. The summed E-state index contributed by atoms with van der Waals surface area (Å²) in [5, 5.41) is 14.2. The van der Waals surface area contributed by atoms with Gasteiger partial charge in [-0.25, -0.2) is 9.89 Å². The number of nitrogens with zero attached hydrogens (tertiary/aromatic N) is 3. The van der Waals surface area contributed by atoms with Crippen LogP contribution in [0.4, 0.5) is 10.5 Å². The molecule has 1 aromatic heterocycles. The molecule has 1 aliphatic heterocycles. The number of aromatic nitrogens is 2. The van der Waals surface area contributed by atoms with Gasteiger partial charge in [-0.2, -0.15) is 5.01 Å². The smallest absolute Gasteiger partial charge is 0.347 e. The average molecular weight is 382 g/mol. The van der Waals surface area contributed by atoms with Crippen LogP contribution in [0.2, 0.25) is 0 Å². The van der Waals surface area contributed by atoms with Gasteiger partial charge < -0.3 is 15.8 Å². The zero-order chi connectivity index (χ0) is 20.6. The lowest BCUT2D eigenvalue weighted by Crippen LogP contribution is -2.45. The first-order chi connectivity index (χ1) is 13.2. The van der Waals surface area contributed by atoms with E-state index in [2.05, 4.69) is 27.2 Å². The molecule has 4 N–H and O–H groups in total. The van der Waals surface area contributed by atoms with Gasteiger partial charge in [0, 0.05) is 11.6 Å². The van der Waals surface area contributed by atoms with Gasteiger partial charge >= 0.3 is 6.03 Å². The number of amides is 2. The van der Waals surface area contributed by atoms with Crippen LogP contribution in [-0.2, 0) is 0 Å². The number of nitrogens with two attached hydrogens (primary N) is 1. The topological polar surface area (TPSA) is 126 Å². The summed E-state index contributed by atoms with van der Waals surface area (Å²) in [7, 11) is 0. The maximum absolute atomic E-state index is 12.2. The van der Waals surface area contributed by atoms with Gasteiger partial charge in [0.1, 0.15) is 5.75 Å². The quantitative estimate of drug-likeness (QED) is 0.749. The van der Waals surface area contributed by atoms with Crippen molar-refractivity contribution in [2.24, 2.45) is 10.8 Å². The number of benzene rings is 1. The Kier molecular flexibility index (Phi) is 4.91. The van der Waals surface area contributed by atoms with E-state index in [0.717, 1.165) is 11.1 Å². The maximum Gasteiger partial charge on any atom is 0.347 e. The molecule has 0 fully saturated rings.